The van der Waals surface area contributed by atoms with Crippen LogP contribution in [0.4, 0.5) is 0 Å². The Kier molecular flexibility index (Phi) is 19.5. The first kappa shape index (κ1) is 26.9. The smallest absolute Gasteiger partial charge is 0.339 e. The first-order chi connectivity index (χ1) is 11.0. The Morgan fingerprint density at radius 2 is 1.12 bits per heavy atom. The van der Waals surface area contributed by atoms with Crippen LogP contribution in [0.3, 0.4) is 0 Å². The molecule has 0 fully saturated rings. The topological polar surface area (TPSA) is 140 Å². The Labute approximate surface area is 141 Å². The molecule has 0 amide bonds. The van der Waals surface area contributed by atoms with Crippen LogP contribution in [0, 0.1) is 0 Å². The molecule has 3 atom stereocenters. The largest absolute Gasteiger partial charge is 0.464 e. The Balaban J connectivity index is -0.000000276. The highest BCUT2D eigenvalue weighted by molar-refractivity contribution is 5.74. The number of ether oxygens (including phenoxy) is 3. The molecule has 0 aromatic rings. The normalized spacial score (nSPS) is 12.7. The SMILES string of the molecule is C=COC(=O)C(C)O.CCOC(=O)C(C)O.CCOC(=O)C(C)O. The molecule has 0 saturated carbocycles. The number of carbonyl (C=O) groups excluding carboxylic acids is 3. The molecule has 0 aromatic heterocycles. The molecule has 9 heteroatoms. The first-order valence-electron chi connectivity index (χ1n) is 7.23. The molecular weight excluding hydrogens is 324 g/mol. The van der Waals surface area contributed by atoms with Gasteiger partial charge in [-0.15, -0.1) is 0 Å². The molecule has 0 radical (unpaired) electrons. The molecule has 0 rings (SSSR count). The highest BCUT2D eigenvalue weighted by Crippen LogP contribution is 1.85. The summed E-state index contributed by atoms with van der Waals surface area (Å²) in [6.45, 7) is 11.2. The Morgan fingerprint density at radius 1 is 0.833 bits per heavy atom. The zero-order chi connectivity index (χ0) is 19.7. The number of aliphatic hydroxyl groups excluding tert-OH is 3. The number of rotatable bonds is 6. The zero-order valence-electron chi connectivity index (χ0n) is 14.7. The van der Waals surface area contributed by atoms with Gasteiger partial charge in [0.2, 0.25) is 0 Å². The lowest BCUT2D eigenvalue weighted by Gasteiger charge is -2.01. The van der Waals surface area contributed by atoms with Crippen LogP contribution < -0.4 is 0 Å². The van der Waals surface area contributed by atoms with Crippen molar-refractivity contribution in [1.29, 1.82) is 0 Å². The summed E-state index contributed by atoms with van der Waals surface area (Å²) in [5, 5.41) is 25.4. The summed E-state index contributed by atoms with van der Waals surface area (Å²) in [5.74, 6) is -1.81. The maximum atomic E-state index is 10.3. The van der Waals surface area contributed by atoms with Crippen LogP contribution in [0.15, 0.2) is 12.8 Å². The first-order valence-corrected chi connectivity index (χ1v) is 7.23. The van der Waals surface area contributed by atoms with E-state index in [1.54, 1.807) is 13.8 Å². The molecular formula is C15H28O9. The zero-order valence-corrected chi connectivity index (χ0v) is 14.7. The second-order valence-corrected chi connectivity index (χ2v) is 4.14. The summed E-state index contributed by atoms with van der Waals surface area (Å²) < 4.78 is 13.0. The van der Waals surface area contributed by atoms with Gasteiger partial charge < -0.3 is 29.5 Å². The fourth-order valence-corrected chi connectivity index (χ4v) is 0.706. The lowest BCUT2D eigenvalue weighted by molar-refractivity contribution is -0.152. The second-order valence-electron chi connectivity index (χ2n) is 4.14. The summed E-state index contributed by atoms with van der Waals surface area (Å²) in [6.07, 6.45) is -2.06. The van der Waals surface area contributed by atoms with Crippen molar-refractivity contribution < 1.29 is 43.9 Å². The van der Waals surface area contributed by atoms with Gasteiger partial charge in [-0.3, -0.25) is 0 Å². The third kappa shape index (κ3) is 20.0. The van der Waals surface area contributed by atoms with Crippen molar-refractivity contribution in [2.45, 2.75) is 52.9 Å². The predicted octanol–water partition coefficient (Wildman–Crippen LogP) is -0.0855. The second kappa shape index (κ2) is 17.4. The molecule has 9 nitrogen and oxygen atoms in total. The van der Waals surface area contributed by atoms with Crippen molar-refractivity contribution in [3.05, 3.63) is 12.8 Å². The average Bonchev–Trinajstić information content (AvgIpc) is 2.49. The minimum Gasteiger partial charge on any atom is -0.464 e. The lowest BCUT2D eigenvalue weighted by atomic mass is 10.4. The van der Waals surface area contributed by atoms with Crippen LogP contribution in [0.25, 0.3) is 0 Å². The molecule has 0 spiro atoms. The van der Waals surface area contributed by atoms with Gasteiger partial charge in [-0.05, 0) is 34.6 Å². The number of carbonyl (C=O) groups is 3. The van der Waals surface area contributed by atoms with E-state index >= 15 is 0 Å². The molecule has 24 heavy (non-hydrogen) atoms. The van der Waals surface area contributed by atoms with Crippen LogP contribution in [0.2, 0.25) is 0 Å². The molecule has 0 heterocycles. The maximum Gasteiger partial charge on any atom is 0.339 e. The van der Waals surface area contributed by atoms with Crippen LogP contribution in [-0.4, -0.2) is 64.8 Å². The minimum absolute atomic E-state index is 0.323. The predicted molar refractivity (Wildman–Crippen MR) is 84.6 cm³/mol. The molecule has 0 aliphatic rings. The molecule has 142 valence electrons. The van der Waals surface area contributed by atoms with E-state index in [0.717, 1.165) is 6.26 Å². The summed E-state index contributed by atoms with van der Waals surface area (Å²) in [6, 6.07) is 0. The van der Waals surface area contributed by atoms with Gasteiger partial charge in [0.05, 0.1) is 19.5 Å². The summed E-state index contributed by atoms with van der Waals surface area (Å²) in [7, 11) is 0. The molecule has 3 N–H and O–H groups in total. The minimum atomic E-state index is -1.06. The van der Waals surface area contributed by atoms with Gasteiger partial charge >= 0.3 is 17.9 Å². The lowest BCUT2D eigenvalue weighted by Crippen LogP contribution is -2.18. The number of hydrogen-bond acceptors (Lipinski definition) is 9. The van der Waals surface area contributed by atoms with Crippen LogP contribution >= 0.6 is 0 Å². The summed E-state index contributed by atoms with van der Waals surface area (Å²) in [5.41, 5.74) is 0. The quantitative estimate of drug-likeness (QED) is 0.340. The number of hydrogen-bond donors (Lipinski definition) is 3. The van der Waals surface area contributed by atoms with Gasteiger partial charge in [-0.2, -0.15) is 0 Å². The highest BCUT2D eigenvalue weighted by Gasteiger charge is 2.08. The Morgan fingerprint density at radius 3 is 1.21 bits per heavy atom. The summed E-state index contributed by atoms with van der Waals surface area (Å²) >= 11 is 0. The molecule has 0 bridgehead atoms. The fraction of sp³-hybridized carbons (Fsp3) is 0.667. The van der Waals surface area contributed by atoms with Crippen LogP contribution in [0.5, 0.6) is 0 Å². The van der Waals surface area contributed by atoms with Gasteiger partial charge in [0.15, 0.2) is 0 Å². The van der Waals surface area contributed by atoms with Gasteiger partial charge in [0, 0.05) is 0 Å². The van der Waals surface area contributed by atoms with Gasteiger partial charge in [-0.1, -0.05) is 6.58 Å². The van der Waals surface area contributed by atoms with E-state index in [4.69, 9.17) is 15.3 Å². The third-order valence-electron chi connectivity index (χ3n) is 1.80. The molecule has 0 saturated heterocycles. The Bertz CT molecular complexity index is 340. The van der Waals surface area contributed by atoms with Crippen molar-refractivity contribution in [2.75, 3.05) is 13.2 Å². The van der Waals surface area contributed by atoms with E-state index in [-0.39, 0.29) is 0 Å². The molecule has 3 unspecified atom stereocenters. The Hall–Kier alpha value is -1.97. The van der Waals surface area contributed by atoms with Gasteiger partial charge in [0.25, 0.3) is 0 Å². The average molecular weight is 352 g/mol. The van der Waals surface area contributed by atoms with Gasteiger partial charge in [0.1, 0.15) is 18.3 Å². The number of esters is 3. The molecule has 0 aromatic carbocycles. The van der Waals surface area contributed by atoms with Crippen molar-refractivity contribution >= 4 is 17.9 Å². The third-order valence-corrected chi connectivity index (χ3v) is 1.80. The maximum absolute atomic E-state index is 10.3. The highest BCUT2D eigenvalue weighted by atomic mass is 16.6. The van der Waals surface area contributed by atoms with E-state index < -0.39 is 36.2 Å². The molecule has 0 aliphatic heterocycles. The van der Waals surface area contributed by atoms with E-state index in [0.29, 0.717) is 13.2 Å². The van der Waals surface area contributed by atoms with E-state index in [1.165, 1.54) is 20.8 Å². The van der Waals surface area contributed by atoms with E-state index in [2.05, 4.69) is 20.8 Å². The monoisotopic (exact) mass is 352 g/mol. The standard InChI is InChI=1S/2C5H10O3.C5H8O3/c3*1-3-8-5(7)4(2)6/h2*4,6H,3H2,1-2H3;3-4,6H,1H2,2H3. The summed E-state index contributed by atoms with van der Waals surface area (Å²) in [4.78, 5) is 30.7. The number of aliphatic hydroxyl groups is 3. The van der Waals surface area contributed by atoms with Crippen molar-refractivity contribution in [1.82, 2.24) is 0 Å². The van der Waals surface area contributed by atoms with Crippen LogP contribution in [-0.2, 0) is 28.6 Å². The fourth-order valence-electron chi connectivity index (χ4n) is 0.706. The van der Waals surface area contributed by atoms with E-state index in [1.807, 2.05) is 0 Å². The van der Waals surface area contributed by atoms with Crippen molar-refractivity contribution in [3.63, 3.8) is 0 Å². The van der Waals surface area contributed by atoms with E-state index in [9.17, 15) is 14.4 Å². The van der Waals surface area contributed by atoms with Crippen LogP contribution in [0.1, 0.15) is 34.6 Å². The van der Waals surface area contributed by atoms with Crippen molar-refractivity contribution in [3.8, 4) is 0 Å². The van der Waals surface area contributed by atoms with Gasteiger partial charge in [-0.25, -0.2) is 14.4 Å². The molecule has 0 aliphatic carbocycles. The van der Waals surface area contributed by atoms with Crippen molar-refractivity contribution in [2.24, 2.45) is 0 Å².